The molecule has 2 nitrogen and oxygen atoms in total. The number of hydrogen-bond donors (Lipinski definition) is 1. The van der Waals surface area contributed by atoms with Crippen LogP contribution in [0.15, 0.2) is 28.7 Å². The Kier molecular flexibility index (Phi) is 6.53. The molecule has 0 aliphatic carbocycles. The van der Waals surface area contributed by atoms with Crippen molar-refractivity contribution >= 4 is 15.9 Å². The molecule has 1 unspecified atom stereocenters. The van der Waals surface area contributed by atoms with Gasteiger partial charge in [-0.2, -0.15) is 0 Å². The maximum absolute atomic E-state index is 3.80. The minimum absolute atomic E-state index is 0.415. The molecule has 0 saturated carbocycles. The summed E-state index contributed by atoms with van der Waals surface area (Å²) in [5.74, 6) is 0. The van der Waals surface area contributed by atoms with E-state index >= 15 is 0 Å². The van der Waals surface area contributed by atoms with Crippen LogP contribution in [0.4, 0.5) is 0 Å². The number of nitrogens with zero attached hydrogens (tertiary/aromatic N) is 1. The Morgan fingerprint density at radius 3 is 2.65 bits per heavy atom. The largest absolute Gasteiger partial charge is 0.307 e. The summed E-state index contributed by atoms with van der Waals surface area (Å²) in [6.07, 6.45) is 5.19. The zero-order valence-electron chi connectivity index (χ0n) is 12.7. The summed E-state index contributed by atoms with van der Waals surface area (Å²) in [5, 5.41) is 3.80. The summed E-state index contributed by atoms with van der Waals surface area (Å²) in [4.78, 5) is 2.62. The lowest BCUT2D eigenvalue weighted by Crippen LogP contribution is -2.43. The van der Waals surface area contributed by atoms with E-state index in [1.807, 2.05) is 0 Å². The van der Waals surface area contributed by atoms with Gasteiger partial charge in [-0.25, -0.2) is 0 Å². The molecule has 112 valence electrons. The molecule has 1 atom stereocenters. The summed E-state index contributed by atoms with van der Waals surface area (Å²) in [7, 11) is 0. The SMILES string of the molecule is CCCCN1CCC(NC(C)c2ccccc2Br)CC1. The van der Waals surface area contributed by atoms with Gasteiger partial charge in [0, 0.05) is 16.6 Å². The van der Waals surface area contributed by atoms with Gasteiger partial charge in [0.05, 0.1) is 0 Å². The van der Waals surface area contributed by atoms with Crippen LogP contribution < -0.4 is 5.32 Å². The van der Waals surface area contributed by atoms with Crippen molar-refractivity contribution in [1.29, 1.82) is 0 Å². The van der Waals surface area contributed by atoms with Crippen LogP contribution in [0.1, 0.15) is 51.1 Å². The zero-order chi connectivity index (χ0) is 14.4. The number of halogens is 1. The van der Waals surface area contributed by atoms with Crippen LogP contribution in [0.3, 0.4) is 0 Å². The van der Waals surface area contributed by atoms with E-state index in [0.717, 1.165) is 0 Å². The highest BCUT2D eigenvalue weighted by molar-refractivity contribution is 9.10. The summed E-state index contributed by atoms with van der Waals surface area (Å²) in [6, 6.07) is 9.60. The Morgan fingerprint density at radius 1 is 1.30 bits per heavy atom. The van der Waals surface area contributed by atoms with E-state index in [0.29, 0.717) is 12.1 Å². The van der Waals surface area contributed by atoms with Crippen LogP contribution in [0.2, 0.25) is 0 Å². The average molecular weight is 339 g/mol. The molecule has 3 heteroatoms. The Labute approximate surface area is 132 Å². The molecule has 0 radical (unpaired) electrons. The van der Waals surface area contributed by atoms with Gasteiger partial charge < -0.3 is 10.2 Å². The Bertz CT molecular complexity index is 400. The number of benzene rings is 1. The van der Waals surface area contributed by atoms with Crippen molar-refractivity contribution in [3.05, 3.63) is 34.3 Å². The molecule has 0 spiro atoms. The first-order valence-corrected chi connectivity index (χ1v) is 8.72. The molecule has 0 aromatic heterocycles. The number of rotatable bonds is 6. The first-order chi connectivity index (χ1) is 9.70. The van der Waals surface area contributed by atoms with Gasteiger partial charge in [0.25, 0.3) is 0 Å². The third-order valence-corrected chi connectivity index (χ3v) is 5.00. The van der Waals surface area contributed by atoms with E-state index in [1.165, 1.54) is 55.4 Å². The van der Waals surface area contributed by atoms with Gasteiger partial charge in [-0.3, -0.25) is 0 Å². The van der Waals surface area contributed by atoms with E-state index in [1.54, 1.807) is 0 Å². The summed E-state index contributed by atoms with van der Waals surface area (Å²) in [6.45, 7) is 8.32. The molecule has 1 aliphatic heterocycles. The van der Waals surface area contributed by atoms with Crippen molar-refractivity contribution < 1.29 is 0 Å². The lowest BCUT2D eigenvalue weighted by molar-refractivity contribution is 0.190. The predicted molar refractivity (Wildman–Crippen MR) is 90.1 cm³/mol. The van der Waals surface area contributed by atoms with Crippen LogP contribution in [0.25, 0.3) is 0 Å². The molecule has 1 N–H and O–H groups in total. The lowest BCUT2D eigenvalue weighted by Gasteiger charge is -2.34. The maximum atomic E-state index is 3.80. The number of hydrogen-bond acceptors (Lipinski definition) is 2. The molecule has 1 fully saturated rings. The van der Waals surface area contributed by atoms with Crippen LogP contribution in [-0.2, 0) is 0 Å². The van der Waals surface area contributed by atoms with Gasteiger partial charge in [-0.05, 0) is 57.5 Å². The van der Waals surface area contributed by atoms with Gasteiger partial charge >= 0.3 is 0 Å². The number of unbranched alkanes of at least 4 members (excludes halogenated alkanes) is 1. The van der Waals surface area contributed by atoms with E-state index in [-0.39, 0.29) is 0 Å². The van der Waals surface area contributed by atoms with Crippen LogP contribution in [-0.4, -0.2) is 30.6 Å². The van der Waals surface area contributed by atoms with E-state index in [9.17, 15) is 0 Å². The Morgan fingerprint density at radius 2 is 2.00 bits per heavy atom. The highest BCUT2D eigenvalue weighted by Gasteiger charge is 2.20. The molecular formula is C17H27BrN2. The zero-order valence-corrected chi connectivity index (χ0v) is 14.3. The highest BCUT2D eigenvalue weighted by atomic mass is 79.9. The van der Waals surface area contributed by atoms with Gasteiger partial charge in [-0.1, -0.05) is 47.5 Å². The van der Waals surface area contributed by atoms with Gasteiger partial charge in [0.15, 0.2) is 0 Å². The van der Waals surface area contributed by atoms with Crippen LogP contribution >= 0.6 is 15.9 Å². The lowest BCUT2D eigenvalue weighted by atomic mass is 10.0. The minimum atomic E-state index is 0.415. The Balaban J connectivity index is 1.79. The summed E-state index contributed by atoms with van der Waals surface area (Å²) in [5.41, 5.74) is 1.36. The molecule has 20 heavy (non-hydrogen) atoms. The van der Waals surface area contributed by atoms with Crippen molar-refractivity contribution in [2.75, 3.05) is 19.6 Å². The van der Waals surface area contributed by atoms with Gasteiger partial charge in [0.1, 0.15) is 0 Å². The number of likely N-dealkylation sites (tertiary alicyclic amines) is 1. The van der Waals surface area contributed by atoms with E-state index < -0.39 is 0 Å². The molecule has 0 amide bonds. The molecule has 1 aromatic carbocycles. The summed E-state index contributed by atoms with van der Waals surface area (Å²) >= 11 is 3.65. The molecule has 1 saturated heterocycles. The smallest absolute Gasteiger partial charge is 0.0305 e. The topological polar surface area (TPSA) is 15.3 Å². The molecule has 1 heterocycles. The maximum Gasteiger partial charge on any atom is 0.0305 e. The second-order valence-electron chi connectivity index (χ2n) is 5.88. The molecule has 2 rings (SSSR count). The first-order valence-electron chi connectivity index (χ1n) is 7.93. The fraction of sp³-hybridized carbons (Fsp3) is 0.647. The third-order valence-electron chi connectivity index (χ3n) is 4.27. The molecule has 0 bridgehead atoms. The van der Waals surface area contributed by atoms with Crippen molar-refractivity contribution in [1.82, 2.24) is 10.2 Å². The predicted octanol–water partition coefficient (Wildman–Crippen LogP) is 4.36. The van der Waals surface area contributed by atoms with Crippen molar-refractivity contribution in [3.63, 3.8) is 0 Å². The van der Waals surface area contributed by atoms with Gasteiger partial charge in [0.2, 0.25) is 0 Å². The highest BCUT2D eigenvalue weighted by Crippen LogP contribution is 2.24. The molecule has 1 aliphatic rings. The van der Waals surface area contributed by atoms with Crippen LogP contribution in [0.5, 0.6) is 0 Å². The van der Waals surface area contributed by atoms with Crippen molar-refractivity contribution in [2.45, 2.75) is 51.6 Å². The minimum Gasteiger partial charge on any atom is -0.307 e. The van der Waals surface area contributed by atoms with Crippen molar-refractivity contribution in [2.24, 2.45) is 0 Å². The second kappa shape index (κ2) is 8.16. The van der Waals surface area contributed by atoms with Crippen LogP contribution in [0, 0.1) is 0 Å². The summed E-state index contributed by atoms with van der Waals surface area (Å²) < 4.78 is 1.21. The van der Waals surface area contributed by atoms with Crippen molar-refractivity contribution in [3.8, 4) is 0 Å². The standard InChI is InChI=1S/C17H27BrN2/c1-3-4-11-20-12-9-15(10-13-20)19-14(2)16-7-5-6-8-17(16)18/h5-8,14-15,19H,3-4,9-13H2,1-2H3. The number of nitrogens with one attached hydrogen (secondary N) is 1. The molecular weight excluding hydrogens is 312 g/mol. The third kappa shape index (κ3) is 4.57. The van der Waals surface area contributed by atoms with E-state index in [2.05, 4.69) is 64.3 Å². The second-order valence-corrected chi connectivity index (χ2v) is 6.73. The fourth-order valence-electron chi connectivity index (χ4n) is 2.97. The normalized spacial score (nSPS) is 19.1. The fourth-order valence-corrected chi connectivity index (χ4v) is 3.60. The quantitative estimate of drug-likeness (QED) is 0.828. The Hall–Kier alpha value is -0.380. The first kappa shape index (κ1) is 16.0. The van der Waals surface area contributed by atoms with E-state index in [4.69, 9.17) is 0 Å². The molecule has 1 aromatic rings. The average Bonchev–Trinajstić information content (AvgIpc) is 2.47. The van der Waals surface area contributed by atoms with Gasteiger partial charge in [-0.15, -0.1) is 0 Å². The monoisotopic (exact) mass is 338 g/mol. The number of piperidine rings is 1.